The molecule has 176 valence electrons. The first-order valence-corrected chi connectivity index (χ1v) is 10.7. The molecule has 0 radical (unpaired) electrons. The summed E-state index contributed by atoms with van der Waals surface area (Å²) in [5.74, 6) is -3.65. The number of hydrogen-bond donors (Lipinski definition) is 1. The van der Waals surface area contributed by atoms with E-state index in [0.717, 1.165) is 9.96 Å². The van der Waals surface area contributed by atoms with Crippen LogP contribution in [0.3, 0.4) is 0 Å². The monoisotopic (exact) mass is 486 g/mol. The molecule has 5 nitrogen and oxygen atoms in total. The molecular formula is C22H20ClF5N4O. The van der Waals surface area contributed by atoms with E-state index in [1.165, 1.54) is 12.1 Å². The van der Waals surface area contributed by atoms with Crippen LogP contribution in [0.1, 0.15) is 53.0 Å². The topological polar surface area (TPSA) is 59.3 Å². The van der Waals surface area contributed by atoms with E-state index >= 15 is 0 Å². The number of nitrogens with zero attached hydrogens (tertiary/aromatic N) is 3. The van der Waals surface area contributed by atoms with Crippen molar-refractivity contribution in [3.8, 4) is 0 Å². The van der Waals surface area contributed by atoms with Gasteiger partial charge < -0.3 is 5.32 Å². The van der Waals surface area contributed by atoms with Crippen LogP contribution in [0.2, 0.25) is 5.15 Å². The highest BCUT2D eigenvalue weighted by Gasteiger charge is 2.40. The van der Waals surface area contributed by atoms with Gasteiger partial charge in [-0.05, 0) is 55.0 Å². The Morgan fingerprint density at radius 2 is 1.85 bits per heavy atom. The lowest BCUT2D eigenvalue weighted by Gasteiger charge is -2.28. The minimum atomic E-state index is -4.76. The minimum Gasteiger partial charge on any atom is -0.348 e. The average molecular weight is 487 g/mol. The Kier molecular flexibility index (Phi) is 6.30. The van der Waals surface area contributed by atoms with E-state index < -0.39 is 23.7 Å². The van der Waals surface area contributed by atoms with Gasteiger partial charge in [-0.15, -0.1) is 0 Å². The molecule has 0 aromatic carbocycles. The van der Waals surface area contributed by atoms with Crippen LogP contribution in [0.15, 0.2) is 36.7 Å². The highest BCUT2D eigenvalue weighted by Crippen LogP contribution is 2.40. The van der Waals surface area contributed by atoms with E-state index in [9.17, 15) is 26.7 Å². The molecule has 1 aliphatic carbocycles. The molecule has 4 rings (SSSR count). The first-order valence-electron chi connectivity index (χ1n) is 10.4. The van der Waals surface area contributed by atoms with Crippen molar-refractivity contribution < 1.29 is 26.7 Å². The third-order valence-corrected chi connectivity index (χ3v) is 6.10. The van der Waals surface area contributed by atoms with Crippen molar-refractivity contribution in [1.29, 1.82) is 0 Å². The van der Waals surface area contributed by atoms with Gasteiger partial charge in [0.2, 0.25) is 5.92 Å². The van der Waals surface area contributed by atoms with Gasteiger partial charge in [-0.25, -0.2) is 13.8 Å². The minimum absolute atomic E-state index is 0.0594. The maximum atomic E-state index is 13.7. The molecule has 1 amide bonds. The molecule has 0 aliphatic heterocycles. The summed E-state index contributed by atoms with van der Waals surface area (Å²) in [5.41, 5.74) is -0.562. The fourth-order valence-electron chi connectivity index (χ4n) is 4.09. The lowest BCUT2D eigenvalue weighted by Crippen LogP contribution is -2.26. The third kappa shape index (κ3) is 5.26. The van der Waals surface area contributed by atoms with E-state index in [4.69, 9.17) is 11.6 Å². The number of aromatic nitrogens is 3. The molecule has 0 unspecified atom stereocenters. The molecule has 3 heterocycles. The van der Waals surface area contributed by atoms with Gasteiger partial charge in [0.25, 0.3) is 5.91 Å². The number of amides is 1. The van der Waals surface area contributed by atoms with Crippen molar-refractivity contribution in [2.24, 2.45) is 5.92 Å². The summed E-state index contributed by atoms with van der Waals surface area (Å²) in [5, 5.41) is 2.57. The van der Waals surface area contributed by atoms with Gasteiger partial charge in [-0.2, -0.15) is 13.2 Å². The highest BCUT2D eigenvalue weighted by molar-refractivity contribution is 6.30. The van der Waals surface area contributed by atoms with Gasteiger partial charge in [0.05, 0.1) is 5.69 Å². The molecule has 33 heavy (non-hydrogen) atoms. The normalized spacial score (nSPS) is 16.8. The maximum absolute atomic E-state index is 13.7. The van der Waals surface area contributed by atoms with Crippen LogP contribution in [0.4, 0.5) is 22.0 Å². The Morgan fingerprint density at radius 3 is 2.48 bits per heavy atom. The molecule has 11 heteroatoms. The molecule has 1 saturated carbocycles. The van der Waals surface area contributed by atoms with Gasteiger partial charge in [-0.3, -0.25) is 14.2 Å². The molecular weight excluding hydrogens is 467 g/mol. The first kappa shape index (κ1) is 23.4. The summed E-state index contributed by atoms with van der Waals surface area (Å²) >= 11 is 6.30. The van der Waals surface area contributed by atoms with Crippen molar-refractivity contribution in [3.05, 3.63) is 64.3 Å². The summed E-state index contributed by atoms with van der Waals surface area (Å²) in [7, 11) is 0. The Bertz CT molecular complexity index is 1150. The molecule has 3 aromatic rings. The van der Waals surface area contributed by atoms with E-state index in [1.807, 2.05) is 0 Å². The van der Waals surface area contributed by atoms with E-state index in [2.05, 4.69) is 15.3 Å². The summed E-state index contributed by atoms with van der Waals surface area (Å²) in [4.78, 5) is 20.2. The third-order valence-electron chi connectivity index (χ3n) is 5.82. The Balaban J connectivity index is 1.63. The molecule has 1 N–H and O–H groups in total. The number of rotatable bonds is 5. The molecule has 3 aromatic heterocycles. The molecule has 1 fully saturated rings. The van der Waals surface area contributed by atoms with Gasteiger partial charge in [-0.1, -0.05) is 11.6 Å². The second-order valence-corrected chi connectivity index (χ2v) is 8.59. The zero-order valence-corrected chi connectivity index (χ0v) is 18.1. The molecule has 0 spiro atoms. The number of alkyl halides is 5. The van der Waals surface area contributed by atoms with Crippen molar-refractivity contribution >= 4 is 23.2 Å². The second kappa shape index (κ2) is 8.89. The highest BCUT2D eigenvalue weighted by atomic mass is 35.5. The number of pyridine rings is 2. The quantitative estimate of drug-likeness (QED) is 0.372. The van der Waals surface area contributed by atoms with Crippen molar-refractivity contribution in [2.75, 3.05) is 0 Å². The Hall–Kier alpha value is -2.75. The molecule has 0 saturated heterocycles. The largest absolute Gasteiger partial charge is 0.435 e. The smallest absolute Gasteiger partial charge is 0.348 e. The second-order valence-electron chi connectivity index (χ2n) is 8.21. The van der Waals surface area contributed by atoms with Crippen LogP contribution >= 0.6 is 11.6 Å². The van der Waals surface area contributed by atoms with Crippen LogP contribution in [0.5, 0.6) is 0 Å². The van der Waals surface area contributed by atoms with Crippen LogP contribution in [-0.2, 0) is 19.1 Å². The number of halogens is 6. The van der Waals surface area contributed by atoms with Gasteiger partial charge in [0, 0.05) is 37.3 Å². The van der Waals surface area contributed by atoms with Crippen molar-refractivity contribution in [3.63, 3.8) is 0 Å². The van der Waals surface area contributed by atoms with E-state index in [-0.39, 0.29) is 66.6 Å². The van der Waals surface area contributed by atoms with Crippen molar-refractivity contribution in [1.82, 2.24) is 19.7 Å². The van der Waals surface area contributed by atoms with Gasteiger partial charge >= 0.3 is 6.18 Å². The van der Waals surface area contributed by atoms with E-state index in [1.54, 1.807) is 24.5 Å². The predicted octanol–water partition coefficient (Wildman–Crippen LogP) is 5.70. The summed E-state index contributed by atoms with van der Waals surface area (Å²) in [6.07, 6.45) is -2.18. The molecule has 1 aliphatic rings. The number of hydrogen-bond acceptors (Lipinski definition) is 3. The fourth-order valence-corrected chi connectivity index (χ4v) is 4.40. The maximum Gasteiger partial charge on any atom is 0.435 e. The Morgan fingerprint density at radius 1 is 1.18 bits per heavy atom. The summed E-state index contributed by atoms with van der Waals surface area (Å²) in [6.45, 7) is 0.198. The van der Waals surface area contributed by atoms with Gasteiger partial charge in [0.1, 0.15) is 10.8 Å². The number of nitrogens with one attached hydrogen (secondary N) is 1. The van der Waals surface area contributed by atoms with Crippen molar-refractivity contribution in [2.45, 2.75) is 50.7 Å². The standard InChI is InChI=1S/C22H20ClF5N4O/c23-17-10-15(20(33)30-12-14-3-7-29-8-4-14)11-18-31-19(22(26,27)28)16(32(17)18)9-13-1-5-21(24,25)6-2-13/h3-4,7-8,10-11,13H,1-2,5-6,9,12H2,(H,30,33). The van der Waals surface area contributed by atoms with E-state index in [0.29, 0.717) is 0 Å². The van der Waals surface area contributed by atoms with Crippen LogP contribution in [-0.4, -0.2) is 26.2 Å². The lowest BCUT2D eigenvalue weighted by atomic mass is 9.83. The fraction of sp³-hybridized carbons (Fsp3) is 0.409. The summed E-state index contributed by atoms with van der Waals surface area (Å²) in [6, 6.07) is 5.94. The Labute approximate surface area is 191 Å². The first-order chi connectivity index (χ1) is 15.5. The van der Waals surface area contributed by atoms with Crippen LogP contribution < -0.4 is 5.32 Å². The molecule has 0 bridgehead atoms. The predicted molar refractivity (Wildman–Crippen MR) is 111 cm³/mol. The SMILES string of the molecule is O=C(NCc1ccncc1)c1cc(Cl)n2c(CC3CCC(F)(F)CC3)c(C(F)(F)F)nc2c1. The zero-order chi connectivity index (χ0) is 23.8. The number of imidazole rings is 1. The van der Waals surface area contributed by atoms with Crippen LogP contribution in [0.25, 0.3) is 5.65 Å². The molecule has 0 atom stereocenters. The number of carbonyl (C=O) groups excluding carboxylic acids is 1. The average Bonchev–Trinajstić information content (AvgIpc) is 3.13. The lowest BCUT2D eigenvalue weighted by molar-refractivity contribution is -0.141. The zero-order valence-electron chi connectivity index (χ0n) is 17.3. The number of fused-ring (bicyclic) bond motifs is 1. The summed E-state index contributed by atoms with van der Waals surface area (Å²) < 4.78 is 69.3. The van der Waals surface area contributed by atoms with Gasteiger partial charge in [0.15, 0.2) is 5.69 Å². The van der Waals surface area contributed by atoms with Crippen LogP contribution in [0, 0.1) is 5.92 Å². The number of carbonyl (C=O) groups is 1.